The highest BCUT2D eigenvalue weighted by Crippen LogP contribution is 2.30. The van der Waals surface area contributed by atoms with Crippen LogP contribution < -0.4 is 10.3 Å². The molecule has 130 valence electrons. The second-order valence-corrected chi connectivity index (χ2v) is 6.09. The first-order chi connectivity index (χ1) is 12.6. The largest absolute Gasteiger partial charge is 0.496 e. The van der Waals surface area contributed by atoms with Crippen LogP contribution in [0.25, 0.3) is 22.6 Å². The Morgan fingerprint density at radius 1 is 1.27 bits per heavy atom. The van der Waals surface area contributed by atoms with Crippen molar-refractivity contribution in [2.75, 3.05) is 7.11 Å². The Morgan fingerprint density at radius 3 is 2.85 bits per heavy atom. The van der Waals surface area contributed by atoms with Gasteiger partial charge in [-0.1, -0.05) is 18.2 Å². The number of methoxy groups -OCH3 is 1. The predicted molar refractivity (Wildman–Crippen MR) is 98.4 cm³/mol. The number of aromatic carboxylic acids is 1. The minimum atomic E-state index is -1.06. The van der Waals surface area contributed by atoms with Gasteiger partial charge in [-0.2, -0.15) is 0 Å². The van der Waals surface area contributed by atoms with Crippen molar-refractivity contribution in [3.63, 3.8) is 0 Å². The summed E-state index contributed by atoms with van der Waals surface area (Å²) in [5.74, 6) is 0.317. The molecule has 1 aromatic heterocycles. The summed E-state index contributed by atoms with van der Waals surface area (Å²) in [5.41, 5.74) is 2.25. The molecule has 0 unspecified atom stereocenters. The summed E-state index contributed by atoms with van der Waals surface area (Å²) in [6.07, 6.45) is 2.67. The van der Waals surface area contributed by atoms with E-state index in [1.165, 1.54) is 12.1 Å². The minimum Gasteiger partial charge on any atom is -0.496 e. The first-order valence-electron chi connectivity index (χ1n) is 8.20. The third kappa shape index (κ3) is 2.56. The van der Waals surface area contributed by atoms with Crippen molar-refractivity contribution < 1.29 is 14.6 Å². The molecule has 0 spiro atoms. The molecule has 0 aliphatic carbocycles. The van der Waals surface area contributed by atoms with Crippen molar-refractivity contribution in [2.45, 2.75) is 13.0 Å². The van der Waals surface area contributed by atoms with Crippen LogP contribution in [0.15, 0.2) is 47.3 Å². The van der Waals surface area contributed by atoms with Crippen LogP contribution in [0.4, 0.5) is 0 Å². The lowest BCUT2D eigenvalue weighted by atomic mass is 10.1. The topological polar surface area (TPSA) is 81.4 Å². The Labute approximate surface area is 149 Å². The number of para-hydroxylation sites is 1. The second kappa shape index (κ2) is 6.15. The van der Waals surface area contributed by atoms with Crippen molar-refractivity contribution in [3.05, 3.63) is 69.8 Å². The van der Waals surface area contributed by atoms with E-state index in [2.05, 4.69) is 4.98 Å². The van der Waals surface area contributed by atoms with E-state index >= 15 is 0 Å². The molecule has 2 heterocycles. The molecule has 0 saturated heterocycles. The molecule has 26 heavy (non-hydrogen) atoms. The molecule has 1 aliphatic heterocycles. The summed E-state index contributed by atoms with van der Waals surface area (Å²) in [4.78, 5) is 28.6. The van der Waals surface area contributed by atoms with E-state index in [-0.39, 0.29) is 11.1 Å². The third-order valence-electron chi connectivity index (χ3n) is 4.56. The van der Waals surface area contributed by atoms with E-state index in [4.69, 9.17) is 9.84 Å². The fourth-order valence-electron chi connectivity index (χ4n) is 3.26. The summed E-state index contributed by atoms with van der Waals surface area (Å²) >= 11 is 0. The van der Waals surface area contributed by atoms with Crippen molar-refractivity contribution in [3.8, 4) is 5.75 Å². The number of carboxylic acids is 1. The van der Waals surface area contributed by atoms with Crippen LogP contribution in [0.1, 0.15) is 28.2 Å². The van der Waals surface area contributed by atoms with Crippen LogP contribution >= 0.6 is 0 Å². The summed E-state index contributed by atoms with van der Waals surface area (Å²) < 4.78 is 6.99. The van der Waals surface area contributed by atoms with Crippen molar-refractivity contribution in [1.29, 1.82) is 0 Å². The standard InChI is InChI=1S/C20H16N2O4/c1-26-17-5-3-2-4-12(17)10-13-8-9-22-18(13)21-16-7-6-14(20(24)25)11-15(16)19(22)23/h2-7,10-11H,8-9H2,1H3,(H,24,25). The molecular formula is C20H16N2O4. The van der Waals surface area contributed by atoms with Crippen LogP contribution in [0.5, 0.6) is 5.75 Å². The number of aromatic nitrogens is 2. The number of ether oxygens (including phenoxy) is 1. The number of nitrogens with zero attached hydrogens (tertiary/aromatic N) is 2. The van der Waals surface area contributed by atoms with Crippen LogP contribution in [0.3, 0.4) is 0 Å². The van der Waals surface area contributed by atoms with E-state index in [0.29, 0.717) is 29.7 Å². The summed E-state index contributed by atoms with van der Waals surface area (Å²) in [7, 11) is 1.62. The zero-order valence-corrected chi connectivity index (χ0v) is 14.1. The molecule has 2 aromatic carbocycles. The fourth-order valence-corrected chi connectivity index (χ4v) is 3.26. The van der Waals surface area contributed by atoms with Crippen LogP contribution in [0.2, 0.25) is 0 Å². The first-order valence-corrected chi connectivity index (χ1v) is 8.20. The van der Waals surface area contributed by atoms with Crippen LogP contribution in [-0.4, -0.2) is 27.7 Å². The van der Waals surface area contributed by atoms with Gasteiger partial charge in [-0.15, -0.1) is 0 Å². The van der Waals surface area contributed by atoms with Gasteiger partial charge >= 0.3 is 5.97 Å². The van der Waals surface area contributed by atoms with Gasteiger partial charge in [0.1, 0.15) is 11.6 Å². The van der Waals surface area contributed by atoms with E-state index < -0.39 is 5.97 Å². The molecular weight excluding hydrogens is 332 g/mol. The zero-order valence-electron chi connectivity index (χ0n) is 14.1. The van der Waals surface area contributed by atoms with Gasteiger partial charge in [0, 0.05) is 12.1 Å². The second-order valence-electron chi connectivity index (χ2n) is 6.09. The highest BCUT2D eigenvalue weighted by molar-refractivity contribution is 5.93. The molecule has 3 aromatic rings. The van der Waals surface area contributed by atoms with E-state index in [0.717, 1.165) is 16.9 Å². The molecule has 0 radical (unpaired) electrons. The molecule has 0 fully saturated rings. The maximum absolute atomic E-state index is 12.8. The normalized spacial score (nSPS) is 14.6. The van der Waals surface area contributed by atoms with Gasteiger partial charge in [0.2, 0.25) is 0 Å². The van der Waals surface area contributed by atoms with Crippen LogP contribution in [0, 0.1) is 0 Å². The highest BCUT2D eigenvalue weighted by atomic mass is 16.5. The predicted octanol–water partition coefficient (Wildman–Crippen LogP) is 3.05. The summed E-state index contributed by atoms with van der Waals surface area (Å²) in [6.45, 7) is 0.523. The molecule has 4 rings (SSSR count). The van der Waals surface area contributed by atoms with Gasteiger partial charge in [0.15, 0.2) is 0 Å². The Kier molecular flexibility index (Phi) is 3.80. The molecule has 1 aliphatic rings. The number of carbonyl (C=O) groups is 1. The van der Waals surface area contributed by atoms with Crippen molar-refractivity contribution >= 4 is 28.5 Å². The molecule has 1 N–H and O–H groups in total. The quantitative estimate of drug-likeness (QED) is 0.787. The van der Waals surface area contributed by atoms with Gasteiger partial charge in [-0.25, -0.2) is 9.78 Å². The number of rotatable bonds is 3. The lowest BCUT2D eigenvalue weighted by molar-refractivity contribution is 0.0697. The van der Waals surface area contributed by atoms with E-state index in [1.54, 1.807) is 17.7 Å². The number of hydrogen-bond donors (Lipinski definition) is 1. The Bertz CT molecular complexity index is 1130. The van der Waals surface area contributed by atoms with Gasteiger partial charge in [-0.3, -0.25) is 9.36 Å². The Hall–Kier alpha value is -3.41. The van der Waals surface area contributed by atoms with Crippen molar-refractivity contribution in [2.24, 2.45) is 0 Å². The molecule has 0 saturated carbocycles. The van der Waals surface area contributed by atoms with Crippen LogP contribution in [-0.2, 0) is 6.54 Å². The Balaban J connectivity index is 1.88. The fraction of sp³-hybridized carbons (Fsp3) is 0.150. The molecule has 0 bridgehead atoms. The first kappa shape index (κ1) is 16.1. The molecule has 6 heteroatoms. The summed E-state index contributed by atoms with van der Waals surface area (Å²) in [6, 6.07) is 12.1. The molecule has 0 atom stereocenters. The number of fused-ring (bicyclic) bond motifs is 2. The minimum absolute atomic E-state index is 0.0831. The maximum atomic E-state index is 12.8. The van der Waals surface area contributed by atoms with Gasteiger partial charge in [0.25, 0.3) is 5.56 Å². The lowest BCUT2D eigenvalue weighted by Crippen LogP contribution is -2.21. The number of hydrogen-bond acceptors (Lipinski definition) is 4. The van der Waals surface area contributed by atoms with E-state index in [1.807, 2.05) is 30.3 Å². The van der Waals surface area contributed by atoms with Gasteiger partial charge < -0.3 is 9.84 Å². The smallest absolute Gasteiger partial charge is 0.335 e. The van der Waals surface area contributed by atoms with Crippen molar-refractivity contribution in [1.82, 2.24) is 9.55 Å². The number of allylic oxidation sites excluding steroid dienone is 1. The summed E-state index contributed by atoms with van der Waals surface area (Å²) in [5, 5.41) is 9.46. The SMILES string of the molecule is COc1ccccc1C=C1CCn2c1nc1ccc(C(=O)O)cc1c2=O. The monoisotopic (exact) mass is 348 g/mol. The average Bonchev–Trinajstić information content (AvgIpc) is 3.05. The number of carboxylic acid groups (broad SMARTS) is 1. The maximum Gasteiger partial charge on any atom is 0.335 e. The average molecular weight is 348 g/mol. The Morgan fingerprint density at radius 2 is 2.08 bits per heavy atom. The highest BCUT2D eigenvalue weighted by Gasteiger charge is 2.21. The molecule has 6 nitrogen and oxygen atoms in total. The van der Waals surface area contributed by atoms with E-state index in [9.17, 15) is 9.59 Å². The number of benzene rings is 2. The zero-order chi connectivity index (χ0) is 18.3. The van der Waals surface area contributed by atoms with Gasteiger partial charge in [0.05, 0.1) is 23.6 Å². The third-order valence-corrected chi connectivity index (χ3v) is 4.56. The molecule has 0 amide bonds. The lowest BCUT2D eigenvalue weighted by Gasteiger charge is -2.07. The van der Waals surface area contributed by atoms with Gasteiger partial charge in [-0.05, 0) is 42.3 Å².